The Bertz CT molecular complexity index is 506. The van der Waals surface area contributed by atoms with Gasteiger partial charge in [-0.2, -0.15) is 0 Å². The third kappa shape index (κ3) is 24.9. The van der Waals surface area contributed by atoms with Gasteiger partial charge in [-0.1, -0.05) is 95.6 Å². The van der Waals surface area contributed by atoms with Gasteiger partial charge in [-0.15, -0.1) is 23.2 Å². The fraction of sp³-hybridized carbons (Fsp3) is 0.852. The van der Waals surface area contributed by atoms with Crippen LogP contribution in [-0.2, 0) is 8.85 Å². The van der Waals surface area contributed by atoms with Gasteiger partial charge in [0.05, 0.1) is 18.6 Å². The Labute approximate surface area is 241 Å². The molecule has 35 heavy (non-hydrogen) atoms. The van der Waals surface area contributed by atoms with Crippen LogP contribution in [0.5, 0.6) is 0 Å². The van der Waals surface area contributed by atoms with Crippen LogP contribution in [0.15, 0.2) is 23.3 Å². The van der Waals surface area contributed by atoms with Gasteiger partial charge in [-0.25, -0.2) is 0 Å². The highest BCUT2D eigenvalue weighted by atomic mass is 79.9. The van der Waals surface area contributed by atoms with Gasteiger partial charge < -0.3 is 14.0 Å². The molecular weight excluding hydrogens is 579 g/mol. The molecular formula is C27H61BrCl2O3Si2. The van der Waals surface area contributed by atoms with Gasteiger partial charge in [0.15, 0.2) is 16.6 Å². The minimum atomic E-state index is -1.61. The van der Waals surface area contributed by atoms with Crippen molar-refractivity contribution in [1.82, 2.24) is 0 Å². The van der Waals surface area contributed by atoms with Gasteiger partial charge in [0, 0.05) is 11.9 Å². The molecule has 1 N–H and O–H groups in total. The first-order valence-corrected chi connectivity index (χ1v) is 19.7. The number of rotatable bonds is 10. The lowest BCUT2D eigenvalue weighted by atomic mass is 10.2. The van der Waals surface area contributed by atoms with E-state index in [1.54, 1.807) is 0 Å². The van der Waals surface area contributed by atoms with E-state index >= 15 is 0 Å². The normalized spacial score (nSPS) is 12.9. The molecule has 0 aliphatic carbocycles. The Morgan fingerprint density at radius 1 is 0.771 bits per heavy atom. The van der Waals surface area contributed by atoms with Crippen molar-refractivity contribution in [3.05, 3.63) is 23.3 Å². The highest BCUT2D eigenvalue weighted by Crippen LogP contribution is 2.37. The topological polar surface area (TPSA) is 38.7 Å². The number of aliphatic hydroxyl groups excluding tert-OH is 1. The molecule has 0 aromatic rings. The van der Waals surface area contributed by atoms with Crippen molar-refractivity contribution in [2.24, 2.45) is 0 Å². The molecule has 0 spiro atoms. The lowest BCUT2D eigenvalue weighted by molar-refractivity contribution is 0.299. The predicted molar refractivity (Wildman–Crippen MR) is 174 cm³/mol. The molecule has 0 aromatic carbocycles. The Hall–Kier alpha value is 0.854. The Balaban J connectivity index is -0.000000146. The Morgan fingerprint density at radius 3 is 1.29 bits per heavy atom. The van der Waals surface area contributed by atoms with Crippen LogP contribution in [-0.4, -0.2) is 52.2 Å². The van der Waals surface area contributed by atoms with E-state index in [0.717, 1.165) is 24.8 Å². The first-order valence-electron chi connectivity index (χ1n) is 11.7. The van der Waals surface area contributed by atoms with E-state index in [1.165, 1.54) is 11.1 Å². The molecule has 0 saturated heterocycles. The molecule has 0 bridgehead atoms. The predicted octanol–water partition coefficient (Wildman–Crippen LogP) is 10.8. The van der Waals surface area contributed by atoms with Crippen molar-refractivity contribution in [1.29, 1.82) is 0 Å². The maximum absolute atomic E-state index is 8.70. The maximum atomic E-state index is 8.70. The van der Waals surface area contributed by atoms with Crippen LogP contribution in [0.1, 0.15) is 83.1 Å². The zero-order chi connectivity index (χ0) is 26.9. The summed E-state index contributed by atoms with van der Waals surface area (Å²) < 4.78 is 12.1. The van der Waals surface area contributed by atoms with Crippen molar-refractivity contribution in [3.63, 3.8) is 0 Å². The molecule has 0 aliphatic heterocycles. The number of allylic oxidation sites excluding steroid dienone is 1. The van der Waals surface area contributed by atoms with E-state index in [2.05, 4.69) is 104 Å². The van der Waals surface area contributed by atoms with Crippen molar-refractivity contribution in [2.45, 2.75) is 119 Å². The molecule has 0 saturated carbocycles. The standard InChI is InChI=1S/C12H25BrOSi.C12H26O2Si.CH2Cl2.2CH4/c2*1-11(8-7-9-13)10-14-15(5,6)12(2,3)4;2-1-3;;/h8H,7,9-10H2,1-6H3;8,13H,7,9-10H2,1-6H3;1H2;2*1H4/b2*11-8-;;;. The molecule has 216 valence electrons. The molecule has 0 atom stereocenters. The van der Waals surface area contributed by atoms with Crippen LogP contribution in [0, 0.1) is 0 Å². The highest BCUT2D eigenvalue weighted by molar-refractivity contribution is 9.09. The van der Waals surface area contributed by atoms with E-state index in [0.29, 0.717) is 11.6 Å². The summed E-state index contributed by atoms with van der Waals surface area (Å²) in [7, 11) is -3.17. The summed E-state index contributed by atoms with van der Waals surface area (Å²) in [4.78, 5) is 0. The van der Waals surface area contributed by atoms with Gasteiger partial charge >= 0.3 is 0 Å². The summed E-state index contributed by atoms with van der Waals surface area (Å²) in [5.41, 5.74) is 2.56. The minimum absolute atomic E-state index is 0. The second kappa shape index (κ2) is 22.8. The molecule has 0 rings (SSSR count). The van der Waals surface area contributed by atoms with Crippen molar-refractivity contribution in [3.8, 4) is 0 Å². The zero-order valence-corrected chi connectivity index (χ0v) is 28.6. The van der Waals surface area contributed by atoms with Gasteiger partial charge in [0.25, 0.3) is 0 Å². The first kappa shape index (κ1) is 45.8. The fourth-order valence-electron chi connectivity index (χ4n) is 1.75. The first-order chi connectivity index (χ1) is 14.8. The van der Waals surface area contributed by atoms with Crippen LogP contribution in [0.25, 0.3) is 0 Å². The van der Waals surface area contributed by atoms with E-state index in [9.17, 15) is 0 Å². The highest BCUT2D eigenvalue weighted by Gasteiger charge is 2.37. The molecule has 3 nitrogen and oxygen atoms in total. The van der Waals surface area contributed by atoms with Crippen LogP contribution in [0.4, 0.5) is 0 Å². The van der Waals surface area contributed by atoms with E-state index in [-0.39, 0.29) is 31.8 Å². The van der Waals surface area contributed by atoms with E-state index in [4.69, 9.17) is 37.2 Å². The second-order valence-corrected chi connectivity index (χ2v) is 22.5. The van der Waals surface area contributed by atoms with Gasteiger partial charge in [-0.05, 0) is 63.0 Å². The number of alkyl halides is 3. The van der Waals surface area contributed by atoms with Crippen LogP contribution < -0.4 is 0 Å². The van der Waals surface area contributed by atoms with Crippen LogP contribution >= 0.6 is 39.1 Å². The van der Waals surface area contributed by atoms with E-state index in [1.807, 2.05) is 6.08 Å². The number of hydrogen-bond acceptors (Lipinski definition) is 3. The van der Waals surface area contributed by atoms with Gasteiger partial charge in [0.2, 0.25) is 0 Å². The molecule has 0 radical (unpaired) electrons. The average Bonchev–Trinajstić information content (AvgIpc) is 2.67. The fourth-order valence-corrected chi connectivity index (χ4v) is 4.02. The number of halogens is 3. The third-order valence-electron chi connectivity index (χ3n) is 6.16. The number of aliphatic hydroxyl groups is 1. The SMILES string of the molecule is C.C.C/C(=C/CCBr)CO[Si](C)(C)C(C)(C)C.C/C(=C/CCO)CO[Si](C)(C)C(C)(C)C.ClCCl. The summed E-state index contributed by atoms with van der Waals surface area (Å²) in [6.45, 7) is 28.6. The monoisotopic (exact) mass is 638 g/mol. The average molecular weight is 641 g/mol. The minimum Gasteiger partial charge on any atom is -0.413 e. The second-order valence-electron chi connectivity index (χ2n) is 11.3. The Morgan fingerprint density at radius 2 is 1.06 bits per heavy atom. The molecule has 0 heterocycles. The largest absolute Gasteiger partial charge is 0.413 e. The molecule has 0 aliphatic rings. The third-order valence-corrected chi connectivity index (χ3v) is 15.6. The molecule has 0 fully saturated rings. The summed E-state index contributed by atoms with van der Waals surface area (Å²) in [6, 6.07) is 0. The summed E-state index contributed by atoms with van der Waals surface area (Å²) >= 11 is 13.0. The van der Waals surface area contributed by atoms with Crippen molar-refractivity contribution >= 4 is 55.8 Å². The van der Waals surface area contributed by atoms with E-state index < -0.39 is 16.6 Å². The molecule has 0 aromatic heterocycles. The van der Waals surface area contributed by atoms with Crippen molar-refractivity contribution < 1.29 is 14.0 Å². The van der Waals surface area contributed by atoms with Crippen LogP contribution in [0.2, 0.25) is 36.3 Å². The van der Waals surface area contributed by atoms with Gasteiger partial charge in [0.1, 0.15) is 0 Å². The van der Waals surface area contributed by atoms with Crippen LogP contribution in [0.3, 0.4) is 0 Å². The molecule has 0 unspecified atom stereocenters. The maximum Gasteiger partial charge on any atom is 0.192 e. The lowest BCUT2D eigenvalue weighted by Gasteiger charge is -2.36. The summed E-state index contributed by atoms with van der Waals surface area (Å²) in [6.07, 6.45) is 6.12. The molecule has 8 heteroatoms. The quantitative estimate of drug-likeness (QED) is 0.147. The van der Waals surface area contributed by atoms with Crippen molar-refractivity contribution in [2.75, 3.05) is 30.5 Å². The smallest absolute Gasteiger partial charge is 0.192 e. The summed E-state index contributed by atoms with van der Waals surface area (Å²) in [5.74, 6) is 0. The number of hydrogen-bond donors (Lipinski definition) is 1. The summed E-state index contributed by atoms with van der Waals surface area (Å²) in [5, 5.41) is 10.5. The van der Waals surface area contributed by atoms with Gasteiger partial charge in [-0.3, -0.25) is 0 Å². The zero-order valence-electron chi connectivity index (χ0n) is 23.5. The lowest BCUT2D eigenvalue weighted by Crippen LogP contribution is -2.41. The molecule has 0 amide bonds. The Kier molecular flexibility index (Phi) is 29.8.